The number of nitrogens with one attached hydrogen (secondary N) is 2. The molecule has 3 aromatic rings. The lowest BCUT2D eigenvalue weighted by atomic mass is 10.2. The Morgan fingerprint density at radius 3 is 2.57 bits per heavy atom. The van der Waals surface area contributed by atoms with Crippen LogP contribution < -0.4 is 10.2 Å². The van der Waals surface area contributed by atoms with Crippen molar-refractivity contribution in [2.45, 2.75) is 13.3 Å². The van der Waals surface area contributed by atoms with E-state index in [-0.39, 0.29) is 24.0 Å². The minimum atomic E-state index is 0. The minimum Gasteiger partial charge on any atom is -0.506 e. The number of phenolic OH excluding ortho intramolecular Hbond substituents is 1. The Balaban J connectivity index is 0.00000256. The van der Waals surface area contributed by atoms with E-state index < -0.39 is 0 Å². The van der Waals surface area contributed by atoms with Crippen LogP contribution in [0.25, 0.3) is 11.0 Å². The maximum Gasteiger partial charge on any atom is 0.194 e. The molecule has 2 heterocycles. The second-order valence-corrected chi connectivity index (χ2v) is 7.15. The zero-order chi connectivity index (χ0) is 20.1. The molecule has 0 aliphatic carbocycles. The summed E-state index contributed by atoms with van der Waals surface area (Å²) in [5.41, 5.74) is 2.97. The van der Waals surface area contributed by atoms with Crippen molar-refractivity contribution in [2.24, 2.45) is 4.99 Å². The van der Waals surface area contributed by atoms with Gasteiger partial charge in [-0.25, -0.2) is 4.98 Å². The number of phenols is 1. The summed E-state index contributed by atoms with van der Waals surface area (Å²) in [6, 6.07) is 15.6. The molecule has 4 rings (SSSR count). The molecule has 0 saturated carbocycles. The van der Waals surface area contributed by atoms with Gasteiger partial charge >= 0.3 is 0 Å². The van der Waals surface area contributed by atoms with Crippen LogP contribution in [0.5, 0.6) is 5.75 Å². The van der Waals surface area contributed by atoms with E-state index in [1.54, 1.807) is 6.07 Å². The van der Waals surface area contributed by atoms with Crippen LogP contribution in [0.3, 0.4) is 0 Å². The molecule has 7 nitrogen and oxygen atoms in total. The number of para-hydroxylation sites is 4. The molecule has 0 atom stereocenters. The maximum absolute atomic E-state index is 10.1. The van der Waals surface area contributed by atoms with E-state index in [2.05, 4.69) is 32.0 Å². The molecule has 1 aliphatic rings. The molecule has 0 amide bonds. The van der Waals surface area contributed by atoms with Gasteiger partial charge < -0.3 is 25.2 Å². The normalized spacial score (nSPS) is 14.6. The molecule has 0 unspecified atom stereocenters. The first-order valence-electron chi connectivity index (χ1n) is 10.2. The predicted octanol–water partition coefficient (Wildman–Crippen LogP) is 3.22. The second kappa shape index (κ2) is 10.5. The number of hydrogen-bond donors (Lipinski definition) is 3. The molecular weight excluding hydrogens is 491 g/mol. The lowest BCUT2D eigenvalue weighted by molar-refractivity contribution is 0.370. The second-order valence-electron chi connectivity index (χ2n) is 7.15. The molecule has 1 aromatic heterocycles. The van der Waals surface area contributed by atoms with Gasteiger partial charge in [0.1, 0.15) is 11.6 Å². The Kier molecular flexibility index (Phi) is 7.78. The molecule has 1 saturated heterocycles. The van der Waals surface area contributed by atoms with Gasteiger partial charge in [0.05, 0.1) is 16.7 Å². The van der Waals surface area contributed by atoms with Crippen LogP contribution >= 0.6 is 24.0 Å². The van der Waals surface area contributed by atoms with Crippen molar-refractivity contribution in [3.8, 4) is 5.75 Å². The Bertz CT molecular complexity index is 947. The average Bonchev–Trinajstić information content (AvgIpc) is 3.16. The van der Waals surface area contributed by atoms with Crippen molar-refractivity contribution >= 4 is 46.7 Å². The van der Waals surface area contributed by atoms with Gasteiger partial charge in [0.15, 0.2) is 5.96 Å². The van der Waals surface area contributed by atoms with Gasteiger partial charge in [-0.3, -0.25) is 4.99 Å². The molecule has 0 radical (unpaired) electrons. The first-order valence-corrected chi connectivity index (χ1v) is 10.2. The van der Waals surface area contributed by atoms with Crippen LogP contribution in [0.4, 0.5) is 5.69 Å². The van der Waals surface area contributed by atoms with Crippen LogP contribution in [0.2, 0.25) is 0 Å². The zero-order valence-corrected chi connectivity index (χ0v) is 19.5. The highest BCUT2D eigenvalue weighted by Gasteiger charge is 2.21. The van der Waals surface area contributed by atoms with Crippen LogP contribution in [0, 0.1) is 0 Å². The molecule has 30 heavy (non-hydrogen) atoms. The van der Waals surface area contributed by atoms with Crippen molar-refractivity contribution in [3.63, 3.8) is 0 Å². The highest BCUT2D eigenvalue weighted by atomic mass is 127. The average molecular weight is 520 g/mol. The number of benzene rings is 2. The lowest BCUT2D eigenvalue weighted by Gasteiger charge is -2.37. The Hall–Kier alpha value is -2.49. The number of halogens is 1. The summed E-state index contributed by atoms with van der Waals surface area (Å²) in [7, 11) is 0. The monoisotopic (exact) mass is 520 g/mol. The summed E-state index contributed by atoms with van der Waals surface area (Å²) in [4.78, 5) is 17.3. The molecular formula is C22H29IN6O. The fourth-order valence-corrected chi connectivity index (χ4v) is 3.71. The molecule has 2 aromatic carbocycles. The van der Waals surface area contributed by atoms with Crippen molar-refractivity contribution < 1.29 is 5.11 Å². The molecule has 0 bridgehead atoms. The van der Waals surface area contributed by atoms with E-state index in [1.807, 2.05) is 42.5 Å². The van der Waals surface area contributed by atoms with Crippen molar-refractivity contribution in [1.29, 1.82) is 0 Å². The molecule has 0 spiro atoms. The summed E-state index contributed by atoms with van der Waals surface area (Å²) in [6.45, 7) is 7.05. The standard InChI is InChI=1S/C22H28N6O.HI/c1-2-23-22(24-12-11-21-25-17-7-3-4-8-18(17)26-21)28-15-13-27(14-16-28)19-9-5-6-10-20(19)29;/h3-10,29H,2,11-16H2,1H3,(H,23,24)(H,25,26);1H. The molecule has 8 heteroatoms. The number of aromatic amines is 1. The first-order chi connectivity index (χ1) is 14.2. The topological polar surface area (TPSA) is 79.8 Å². The number of fused-ring (bicyclic) bond motifs is 1. The van der Waals surface area contributed by atoms with E-state index in [0.29, 0.717) is 12.3 Å². The number of H-pyrrole nitrogens is 1. The Morgan fingerprint density at radius 2 is 1.83 bits per heavy atom. The third-order valence-corrected chi connectivity index (χ3v) is 5.19. The number of rotatable bonds is 5. The third kappa shape index (κ3) is 5.16. The summed E-state index contributed by atoms with van der Waals surface area (Å²) >= 11 is 0. The number of piperazine rings is 1. The zero-order valence-electron chi connectivity index (χ0n) is 17.2. The number of aliphatic imine (C=N–C) groups is 1. The van der Waals surface area contributed by atoms with Crippen molar-refractivity contribution in [3.05, 3.63) is 54.4 Å². The number of hydrogen-bond acceptors (Lipinski definition) is 4. The lowest BCUT2D eigenvalue weighted by Crippen LogP contribution is -2.52. The smallest absolute Gasteiger partial charge is 0.194 e. The van der Waals surface area contributed by atoms with Gasteiger partial charge in [-0.2, -0.15) is 0 Å². The van der Waals surface area contributed by atoms with Gasteiger partial charge in [0.25, 0.3) is 0 Å². The summed E-state index contributed by atoms with van der Waals surface area (Å²) in [5, 5.41) is 13.5. The highest BCUT2D eigenvalue weighted by molar-refractivity contribution is 14.0. The number of aromatic hydroxyl groups is 1. The van der Waals surface area contributed by atoms with Crippen LogP contribution in [0.1, 0.15) is 12.7 Å². The Labute approximate surface area is 194 Å². The molecule has 3 N–H and O–H groups in total. The quantitative estimate of drug-likeness (QED) is 0.274. The minimum absolute atomic E-state index is 0. The van der Waals surface area contributed by atoms with Crippen LogP contribution in [-0.4, -0.2) is 65.2 Å². The van der Waals surface area contributed by atoms with E-state index >= 15 is 0 Å². The van der Waals surface area contributed by atoms with Crippen molar-refractivity contribution in [1.82, 2.24) is 20.2 Å². The van der Waals surface area contributed by atoms with Gasteiger partial charge in [-0.1, -0.05) is 24.3 Å². The predicted molar refractivity (Wildman–Crippen MR) is 133 cm³/mol. The largest absolute Gasteiger partial charge is 0.506 e. The molecule has 1 fully saturated rings. The fraction of sp³-hybridized carbons (Fsp3) is 0.364. The number of guanidine groups is 1. The molecule has 1 aliphatic heterocycles. The van der Waals surface area contributed by atoms with E-state index in [0.717, 1.165) is 67.6 Å². The van der Waals surface area contributed by atoms with E-state index in [4.69, 9.17) is 4.99 Å². The van der Waals surface area contributed by atoms with Crippen LogP contribution in [0.15, 0.2) is 53.5 Å². The highest BCUT2D eigenvalue weighted by Crippen LogP contribution is 2.27. The number of anilines is 1. The van der Waals surface area contributed by atoms with Gasteiger partial charge in [0.2, 0.25) is 0 Å². The molecule has 160 valence electrons. The number of aromatic nitrogens is 2. The summed E-state index contributed by atoms with van der Waals surface area (Å²) in [5.74, 6) is 2.25. The number of imidazole rings is 1. The third-order valence-electron chi connectivity index (χ3n) is 5.19. The van der Waals surface area contributed by atoms with E-state index in [1.165, 1.54) is 0 Å². The Morgan fingerprint density at radius 1 is 1.10 bits per heavy atom. The fourth-order valence-electron chi connectivity index (χ4n) is 3.71. The summed E-state index contributed by atoms with van der Waals surface area (Å²) in [6.07, 6.45) is 0.779. The summed E-state index contributed by atoms with van der Waals surface area (Å²) < 4.78 is 0. The first kappa shape index (κ1) is 22.2. The van der Waals surface area contributed by atoms with Gasteiger partial charge in [-0.15, -0.1) is 24.0 Å². The van der Waals surface area contributed by atoms with Crippen molar-refractivity contribution in [2.75, 3.05) is 44.2 Å². The number of nitrogens with zero attached hydrogens (tertiary/aromatic N) is 4. The maximum atomic E-state index is 10.1. The van der Waals surface area contributed by atoms with E-state index in [9.17, 15) is 5.11 Å². The van der Waals surface area contributed by atoms with Gasteiger partial charge in [0, 0.05) is 45.7 Å². The van der Waals surface area contributed by atoms with Crippen LogP contribution in [-0.2, 0) is 6.42 Å². The SMILES string of the molecule is CCNC(=NCCc1nc2ccccc2[nH]1)N1CCN(c2ccccc2O)CC1.I. The van der Waals surface area contributed by atoms with Gasteiger partial charge in [-0.05, 0) is 31.2 Å².